The Balaban J connectivity index is 4.74. The van der Waals surface area contributed by atoms with E-state index in [2.05, 4.69) is 23.8 Å². The van der Waals surface area contributed by atoms with Crippen LogP contribution in [-0.2, 0) is 4.79 Å². The molecule has 0 radical (unpaired) electrons. The summed E-state index contributed by atoms with van der Waals surface area (Å²) in [5.74, 6) is -0.551. The van der Waals surface area contributed by atoms with Gasteiger partial charge in [0.05, 0.1) is 0 Å². The number of hydrogen-bond donors (Lipinski definition) is 2. The molecule has 0 aliphatic rings. The van der Waals surface area contributed by atoms with E-state index < -0.39 is 0 Å². The van der Waals surface area contributed by atoms with Crippen molar-refractivity contribution in [2.45, 2.75) is 52.5 Å². The smallest absolute Gasteiger partial charge is 0.273 e. The van der Waals surface area contributed by atoms with E-state index in [4.69, 9.17) is 0 Å². The number of nitrogens with zero attached hydrogens (tertiary/aromatic N) is 1. The summed E-state index contributed by atoms with van der Waals surface area (Å²) < 4.78 is 0. The standard InChI is InChI=1S/C14H24N2O2/c1-5-9-10-11(6-2)16-14(18)13(15-8-4)12(17)7-3/h7-8,11,17H,3,5-6,9-10H2,1-2,4H3,(H,16,18)/b13-12+,15-8?. The molecule has 4 nitrogen and oxygen atoms in total. The van der Waals surface area contributed by atoms with Gasteiger partial charge >= 0.3 is 0 Å². The normalized spacial score (nSPS) is 14.2. The van der Waals surface area contributed by atoms with Gasteiger partial charge in [0.2, 0.25) is 0 Å². The van der Waals surface area contributed by atoms with E-state index in [9.17, 15) is 9.90 Å². The molecule has 102 valence electrons. The van der Waals surface area contributed by atoms with Crippen molar-refractivity contribution in [3.05, 3.63) is 24.1 Å². The second-order valence-corrected chi connectivity index (χ2v) is 4.05. The lowest BCUT2D eigenvalue weighted by atomic mass is 10.1. The number of aliphatic imine (C=N–C) groups is 1. The van der Waals surface area contributed by atoms with Gasteiger partial charge in [0.1, 0.15) is 5.76 Å². The Morgan fingerprint density at radius 1 is 1.50 bits per heavy atom. The quantitative estimate of drug-likeness (QED) is 0.302. The fourth-order valence-electron chi connectivity index (χ4n) is 1.55. The number of allylic oxidation sites excluding steroid dienone is 1. The van der Waals surface area contributed by atoms with Gasteiger partial charge in [-0.15, -0.1) is 0 Å². The number of aliphatic hydroxyl groups excluding tert-OH is 1. The largest absolute Gasteiger partial charge is 0.505 e. The Bertz CT molecular complexity index is 333. The number of aliphatic hydroxyl groups is 1. The number of hydrogen-bond acceptors (Lipinski definition) is 3. The third-order valence-corrected chi connectivity index (χ3v) is 2.64. The molecule has 1 atom stereocenters. The molecular weight excluding hydrogens is 228 g/mol. The highest BCUT2D eigenvalue weighted by atomic mass is 16.3. The molecule has 0 fully saturated rings. The molecule has 2 N–H and O–H groups in total. The molecule has 0 aliphatic heterocycles. The topological polar surface area (TPSA) is 61.7 Å². The van der Waals surface area contributed by atoms with Crippen molar-refractivity contribution >= 4 is 12.1 Å². The Labute approximate surface area is 110 Å². The molecule has 18 heavy (non-hydrogen) atoms. The van der Waals surface area contributed by atoms with Crippen LogP contribution >= 0.6 is 0 Å². The van der Waals surface area contributed by atoms with Gasteiger partial charge in [0.25, 0.3) is 5.91 Å². The number of unbranched alkanes of at least 4 members (excludes halogenated alkanes) is 1. The summed E-state index contributed by atoms with van der Waals surface area (Å²) in [6.07, 6.45) is 6.67. The minimum absolute atomic E-state index is 0.0162. The highest BCUT2D eigenvalue weighted by Crippen LogP contribution is 2.08. The molecule has 0 spiro atoms. The molecule has 0 saturated carbocycles. The zero-order valence-corrected chi connectivity index (χ0v) is 11.6. The SMILES string of the molecule is C=C/C(O)=C(\N=CC)C(=O)NC(CC)CCCC. The van der Waals surface area contributed by atoms with Crippen molar-refractivity contribution < 1.29 is 9.90 Å². The molecule has 0 aromatic carbocycles. The number of nitrogens with one attached hydrogen (secondary N) is 1. The lowest BCUT2D eigenvalue weighted by molar-refractivity contribution is -0.118. The van der Waals surface area contributed by atoms with Crippen LogP contribution in [0.3, 0.4) is 0 Å². The van der Waals surface area contributed by atoms with Gasteiger partial charge in [-0.3, -0.25) is 9.79 Å². The first kappa shape index (κ1) is 16.4. The summed E-state index contributed by atoms with van der Waals surface area (Å²) in [6, 6.07) is 0.122. The van der Waals surface area contributed by atoms with Crippen molar-refractivity contribution in [1.29, 1.82) is 0 Å². The van der Waals surface area contributed by atoms with Crippen LogP contribution in [0.4, 0.5) is 0 Å². The summed E-state index contributed by atoms with van der Waals surface area (Å²) >= 11 is 0. The second kappa shape index (κ2) is 9.45. The Morgan fingerprint density at radius 2 is 2.17 bits per heavy atom. The summed E-state index contributed by atoms with van der Waals surface area (Å²) in [6.45, 7) is 9.27. The van der Waals surface area contributed by atoms with Gasteiger partial charge in [-0.05, 0) is 25.8 Å². The maximum Gasteiger partial charge on any atom is 0.273 e. The second-order valence-electron chi connectivity index (χ2n) is 4.05. The lowest BCUT2D eigenvalue weighted by Gasteiger charge is -2.16. The first-order valence-electron chi connectivity index (χ1n) is 6.45. The Kier molecular flexibility index (Phi) is 8.62. The third-order valence-electron chi connectivity index (χ3n) is 2.64. The molecule has 4 heteroatoms. The predicted octanol–water partition coefficient (Wildman–Crippen LogP) is 3.12. The molecule has 1 unspecified atom stereocenters. The summed E-state index contributed by atoms with van der Waals surface area (Å²) in [4.78, 5) is 15.9. The number of carbonyl (C=O) groups excluding carboxylic acids is 1. The third kappa shape index (κ3) is 5.66. The molecule has 0 saturated heterocycles. The molecule has 0 aromatic rings. The number of rotatable bonds is 8. The fourth-order valence-corrected chi connectivity index (χ4v) is 1.55. The molecule has 1 amide bonds. The van der Waals surface area contributed by atoms with Crippen LogP contribution in [0.25, 0.3) is 0 Å². The van der Waals surface area contributed by atoms with E-state index >= 15 is 0 Å². The minimum Gasteiger partial charge on any atom is -0.505 e. The first-order valence-corrected chi connectivity index (χ1v) is 6.45. The van der Waals surface area contributed by atoms with E-state index in [0.29, 0.717) is 0 Å². The zero-order chi connectivity index (χ0) is 14.0. The lowest BCUT2D eigenvalue weighted by Crippen LogP contribution is -2.35. The van der Waals surface area contributed by atoms with Crippen LogP contribution < -0.4 is 5.32 Å². The Morgan fingerprint density at radius 3 is 2.61 bits per heavy atom. The molecule has 0 heterocycles. The zero-order valence-electron chi connectivity index (χ0n) is 11.6. The molecule has 0 aliphatic carbocycles. The van der Waals surface area contributed by atoms with Gasteiger partial charge < -0.3 is 10.4 Å². The van der Waals surface area contributed by atoms with Crippen LogP contribution in [0.5, 0.6) is 0 Å². The van der Waals surface area contributed by atoms with E-state index in [0.717, 1.165) is 25.7 Å². The van der Waals surface area contributed by atoms with Crippen molar-refractivity contribution in [2.24, 2.45) is 4.99 Å². The van der Waals surface area contributed by atoms with E-state index in [1.165, 1.54) is 12.3 Å². The predicted molar refractivity (Wildman–Crippen MR) is 75.8 cm³/mol. The van der Waals surface area contributed by atoms with Crippen LogP contribution in [0, 0.1) is 0 Å². The fraction of sp³-hybridized carbons (Fsp3) is 0.571. The van der Waals surface area contributed by atoms with Gasteiger partial charge in [-0.2, -0.15) is 0 Å². The highest BCUT2D eigenvalue weighted by molar-refractivity contribution is 5.95. The van der Waals surface area contributed by atoms with Crippen LogP contribution in [0.1, 0.15) is 46.5 Å². The van der Waals surface area contributed by atoms with E-state index in [1.807, 2.05) is 6.92 Å². The molecular formula is C14H24N2O2. The molecule has 0 bridgehead atoms. The van der Waals surface area contributed by atoms with Gasteiger partial charge in [0.15, 0.2) is 5.70 Å². The van der Waals surface area contributed by atoms with Gasteiger partial charge in [-0.25, -0.2) is 0 Å². The monoisotopic (exact) mass is 252 g/mol. The van der Waals surface area contributed by atoms with Crippen molar-refractivity contribution in [1.82, 2.24) is 5.32 Å². The van der Waals surface area contributed by atoms with Crippen LogP contribution in [0.15, 0.2) is 29.1 Å². The first-order chi connectivity index (χ1) is 8.60. The summed E-state index contributed by atoms with van der Waals surface area (Å²) in [5, 5.41) is 12.5. The summed E-state index contributed by atoms with van der Waals surface area (Å²) in [5.41, 5.74) is 0.0162. The van der Waals surface area contributed by atoms with Crippen LogP contribution in [-0.4, -0.2) is 23.3 Å². The highest BCUT2D eigenvalue weighted by Gasteiger charge is 2.16. The Hall–Kier alpha value is -1.58. The minimum atomic E-state index is -0.353. The molecule has 0 aromatic heterocycles. The maximum atomic E-state index is 12.0. The van der Waals surface area contributed by atoms with Crippen molar-refractivity contribution in [3.8, 4) is 0 Å². The number of amides is 1. The summed E-state index contributed by atoms with van der Waals surface area (Å²) in [7, 11) is 0. The van der Waals surface area contributed by atoms with Crippen molar-refractivity contribution in [2.75, 3.05) is 0 Å². The van der Waals surface area contributed by atoms with E-state index in [-0.39, 0.29) is 23.4 Å². The van der Waals surface area contributed by atoms with Gasteiger partial charge in [0, 0.05) is 12.3 Å². The average Bonchev–Trinajstić information content (AvgIpc) is 2.39. The van der Waals surface area contributed by atoms with E-state index in [1.54, 1.807) is 6.92 Å². The molecule has 0 rings (SSSR count). The average molecular weight is 252 g/mol. The van der Waals surface area contributed by atoms with Crippen LogP contribution in [0.2, 0.25) is 0 Å². The van der Waals surface area contributed by atoms with Crippen molar-refractivity contribution in [3.63, 3.8) is 0 Å². The maximum absolute atomic E-state index is 12.0. The van der Waals surface area contributed by atoms with Gasteiger partial charge in [-0.1, -0.05) is 33.3 Å². The number of carbonyl (C=O) groups is 1.